The second kappa shape index (κ2) is 7.10. The number of hydrogen-bond donors (Lipinski definition) is 1. The van der Waals surface area contributed by atoms with Crippen LogP contribution >= 0.6 is 15.9 Å². The Morgan fingerprint density at radius 1 is 1.10 bits per heavy atom. The monoisotopic (exact) mass is 348 g/mol. The predicted molar refractivity (Wildman–Crippen MR) is 89.9 cm³/mol. The lowest BCUT2D eigenvalue weighted by Gasteiger charge is -2.14. The van der Waals surface area contributed by atoms with E-state index in [2.05, 4.69) is 41.9 Å². The van der Waals surface area contributed by atoms with Crippen molar-refractivity contribution in [2.75, 3.05) is 7.11 Å². The van der Waals surface area contributed by atoms with Crippen molar-refractivity contribution in [1.82, 2.24) is 0 Å². The van der Waals surface area contributed by atoms with Gasteiger partial charge in [0.2, 0.25) is 0 Å². The van der Waals surface area contributed by atoms with Gasteiger partial charge < -0.3 is 9.84 Å². The van der Waals surface area contributed by atoms with E-state index in [1.165, 1.54) is 5.56 Å². The summed E-state index contributed by atoms with van der Waals surface area (Å²) in [5, 5.41) is 10.4. The molecule has 1 unspecified atom stereocenters. The number of benzene rings is 2. The van der Waals surface area contributed by atoms with Crippen molar-refractivity contribution in [2.45, 2.75) is 32.8 Å². The zero-order valence-corrected chi connectivity index (χ0v) is 14.3. The average molecular weight is 349 g/mol. The second-order valence-corrected chi connectivity index (χ2v) is 6.16. The van der Waals surface area contributed by atoms with Gasteiger partial charge in [0.15, 0.2) is 0 Å². The van der Waals surface area contributed by atoms with Crippen LogP contribution in [-0.2, 0) is 6.42 Å². The molecule has 2 rings (SSSR count). The zero-order chi connectivity index (χ0) is 15.4. The molecule has 112 valence electrons. The predicted octanol–water partition coefficient (Wildman–Crippen LogP) is 4.74. The van der Waals surface area contributed by atoms with Crippen LogP contribution in [-0.4, -0.2) is 12.2 Å². The lowest BCUT2D eigenvalue weighted by Crippen LogP contribution is -2.01. The molecular weight excluding hydrogens is 328 g/mol. The molecule has 0 spiro atoms. The zero-order valence-electron chi connectivity index (χ0n) is 12.7. The molecular formula is C18H21BrO2. The fraction of sp³-hybridized carbons (Fsp3) is 0.333. The Balaban J connectivity index is 2.02. The molecule has 3 heteroatoms. The van der Waals surface area contributed by atoms with Gasteiger partial charge in [-0.05, 0) is 61.1 Å². The van der Waals surface area contributed by atoms with Gasteiger partial charge in [0.05, 0.1) is 13.2 Å². The number of rotatable bonds is 5. The standard InChI is InChI=1S/C18H21BrO2/c1-12-10-15(11-13(2)18(12)19)17(20)9-6-14-4-7-16(21-3)8-5-14/h4-5,7-8,10-11,17,20H,6,9H2,1-3H3. The first-order valence-electron chi connectivity index (χ1n) is 7.09. The summed E-state index contributed by atoms with van der Waals surface area (Å²) in [6.45, 7) is 4.10. The maximum atomic E-state index is 10.4. The van der Waals surface area contributed by atoms with Gasteiger partial charge in [0.25, 0.3) is 0 Å². The van der Waals surface area contributed by atoms with Crippen molar-refractivity contribution in [3.05, 3.63) is 63.1 Å². The van der Waals surface area contributed by atoms with Gasteiger partial charge in [-0.25, -0.2) is 0 Å². The van der Waals surface area contributed by atoms with E-state index < -0.39 is 6.10 Å². The quantitative estimate of drug-likeness (QED) is 0.845. The third-order valence-corrected chi connectivity index (χ3v) is 4.96. The minimum atomic E-state index is -0.433. The van der Waals surface area contributed by atoms with Crippen LogP contribution in [0, 0.1) is 13.8 Å². The summed E-state index contributed by atoms with van der Waals surface area (Å²) in [5.74, 6) is 0.860. The van der Waals surface area contributed by atoms with Crippen LogP contribution in [0.15, 0.2) is 40.9 Å². The molecule has 21 heavy (non-hydrogen) atoms. The van der Waals surface area contributed by atoms with E-state index in [9.17, 15) is 5.11 Å². The molecule has 0 aliphatic rings. The van der Waals surface area contributed by atoms with Crippen LogP contribution in [0.1, 0.15) is 34.8 Å². The lowest BCUT2D eigenvalue weighted by molar-refractivity contribution is 0.167. The van der Waals surface area contributed by atoms with E-state index >= 15 is 0 Å². The van der Waals surface area contributed by atoms with E-state index in [0.717, 1.165) is 33.3 Å². The molecule has 0 saturated heterocycles. The first-order chi connectivity index (χ1) is 10.0. The minimum Gasteiger partial charge on any atom is -0.497 e. The molecule has 0 radical (unpaired) electrons. The topological polar surface area (TPSA) is 29.5 Å². The number of aliphatic hydroxyl groups excluding tert-OH is 1. The highest BCUT2D eigenvalue weighted by molar-refractivity contribution is 9.10. The summed E-state index contributed by atoms with van der Waals surface area (Å²) in [7, 11) is 1.66. The Hall–Kier alpha value is -1.32. The van der Waals surface area contributed by atoms with Crippen molar-refractivity contribution < 1.29 is 9.84 Å². The summed E-state index contributed by atoms with van der Waals surface area (Å²) in [6, 6.07) is 12.1. The van der Waals surface area contributed by atoms with Gasteiger partial charge in [-0.2, -0.15) is 0 Å². The number of methoxy groups -OCH3 is 1. The van der Waals surface area contributed by atoms with Crippen LogP contribution < -0.4 is 4.74 Å². The maximum absolute atomic E-state index is 10.4. The number of ether oxygens (including phenoxy) is 1. The number of hydrogen-bond acceptors (Lipinski definition) is 2. The van der Waals surface area contributed by atoms with Gasteiger partial charge in [-0.3, -0.25) is 0 Å². The highest BCUT2D eigenvalue weighted by Gasteiger charge is 2.11. The molecule has 0 amide bonds. The minimum absolute atomic E-state index is 0.433. The summed E-state index contributed by atoms with van der Waals surface area (Å²) in [6.07, 6.45) is 1.13. The third kappa shape index (κ3) is 4.08. The Kier molecular flexibility index (Phi) is 5.43. The molecule has 0 aliphatic heterocycles. The molecule has 2 nitrogen and oxygen atoms in total. The average Bonchev–Trinajstić information content (AvgIpc) is 2.50. The maximum Gasteiger partial charge on any atom is 0.118 e. The van der Waals surface area contributed by atoms with Crippen molar-refractivity contribution in [1.29, 1.82) is 0 Å². The lowest BCUT2D eigenvalue weighted by atomic mass is 9.98. The van der Waals surface area contributed by atoms with Crippen LogP contribution in [0.3, 0.4) is 0 Å². The molecule has 1 N–H and O–H groups in total. The fourth-order valence-corrected chi connectivity index (χ4v) is 2.66. The Morgan fingerprint density at radius 3 is 2.19 bits per heavy atom. The van der Waals surface area contributed by atoms with Crippen molar-refractivity contribution in [3.63, 3.8) is 0 Å². The summed E-state index contributed by atoms with van der Waals surface area (Å²) < 4.78 is 6.27. The van der Waals surface area contributed by atoms with E-state index in [1.54, 1.807) is 7.11 Å². The van der Waals surface area contributed by atoms with Gasteiger partial charge >= 0.3 is 0 Å². The van der Waals surface area contributed by atoms with Crippen LogP contribution in [0.2, 0.25) is 0 Å². The normalized spacial score (nSPS) is 12.2. The molecule has 1 atom stereocenters. The van der Waals surface area contributed by atoms with Gasteiger partial charge in [0, 0.05) is 4.47 Å². The first-order valence-corrected chi connectivity index (χ1v) is 7.88. The summed E-state index contributed by atoms with van der Waals surface area (Å²) in [4.78, 5) is 0. The number of aryl methyl sites for hydroxylation is 3. The van der Waals surface area contributed by atoms with Crippen LogP contribution in [0.25, 0.3) is 0 Å². The number of aliphatic hydroxyl groups is 1. The molecule has 2 aromatic rings. The summed E-state index contributed by atoms with van der Waals surface area (Å²) >= 11 is 3.56. The van der Waals surface area contributed by atoms with E-state index in [0.29, 0.717) is 6.42 Å². The smallest absolute Gasteiger partial charge is 0.118 e. The fourth-order valence-electron chi connectivity index (χ4n) is 2.43. The number of halogens is 1. The molecule has 0 aliphatic carbocycles. The van der Waals surface area contributed by atoms with Crippen molar-refractivity contribution in [2.24, 2.45) is 0 Å². The van der Waals surface area contributed by atoms with Crippen molar-refractivity contribution in [3.8, 4) is 5.75 Å². The molecule has 0 fully saturated rings. The molecule has 2 aromatic carbocycles. The van der Waals surface area contributed by atoms with Gasteiger partial charge in [-0.15, -0.1) is 0 Å². The Labute approximate surface area is 134 Å². The van der Waals surface area contributed by atoms with E-state index in [-0.39, 0.29) is 0 Å². The molecule has 0 saturated carbocycles. The molecule has 0 bridgehead atoms. The van der Waals surface area contributed by atoms with Gasteiger partial charge in [0.1, 0.15) is 5.75 Å². The highest BCUT2D eigenvalue weighted by atomic mass is 79.9. The third-order valence-electron chi connectivity index (χ3n) is 3.71. The van der Waals surface area contributed by atoms with Crippen LogP contribution in [0.4, 0.5) is 0 Å². The Morgan fingerprint density at radius 2 is 1.67 bits per heavy atom. The summed E-state index contributed by atoms with van der Waals surface area (Å²) in [5.41, 5.74) is 4.52. The van der Waals surface area contributed by atoms with Crippen molar-refractivity contribution >= 4 is 15.9 Å². The molecule has 0 aromatic heterocycles. The van der Waals surface area contributed by atoms with Gasteiger partial charge in [-0.1, -0.05) is 40.2 Å². The largest absolute Gasteiger partial charge is 0.497 e. The molecule has 0 heterocycles. The first kappa shape index (κ1) is 16.1. The van der Waals surface area contributed by atoms with E-state index in [1.807, 2.05) is 24.3 Å². The van der Waals surface area contributed by atoms with Crippen LogP contribution in [0.5, 0.6) is 5.75 Å². The second-order valence-electron chi connectivity index (χ2n) is 5.37. The van der Waals surface area contributed by atoms with E-state index in [4.69, 9.17) is 4.74 Å². The highest BCUT2D eigenvalue weighted by Crippen LogP contribution is 2.27. The SMILES string of the molecule is COc1ccc(CCC(O)c2cc(C)c(Br)c(C)c2)cc1. The Bertz CT molecular complexity index is 582.